The van der Waals surface area contributed by atoms with Crippen molar-refractivity contribution in [3.63, 3.8) is 0 Å². The summed E-state index contributed by atoms with van der Waals surface area (Å²) in [5.74, 6) is 1.38. The molecular formula is C20H19ClN3O2S+. The second-order valence-corrected chi connectivity index (χ2v) is 8.65. The molecule has 7 heteroatoms. The molecule has 0 saturated heterocycles. The average Bonchev–Trinajstić information content (AvgIpc) is 3.26. The highest BCUT2D eigenvalue weighted by Crippen LogP contribution is 2.39. The lowest BCUT2D eigenvalue weighted by Gasteiger charge is -2.25. The van der Waals surface area contributed by atoms with Crippen LogP contribution in [0.15, 0.2) is 40.8 Å². The molecule has 5 rings (SSSR count). The quantitative estimate of drug-likeness (QED) is 0.619. The number of furan rings is 1. The van der Waals surface area contributed by atoms with Crippen LogP contribution in [0.5, 0.6) is 0 Å². The Balaban J connectivity index is 1.45. The van der Waals surface area contributed by atoms with Crippen molar-refractivity contribution >= 4 is 33.8 Å². The molecule has 3 aromatic rings. The molecule has 138 valence electrons. The molecule has 3 N–H and O–H groups in total. The van der Waals surface area contributed by atoms with Gasteiger partial charge in [-0.05, 0) is 29.8 Å². The fourth-order valence-corrected chi connectivity index (χ4v) is 5.36. The Kier molecular flexibility index (Phi) is 4.00. The molecule has 0 aliphatic carbocycles. The van der Waals surface area contributed by atoms with Crippen LogP contribution >= 0.6 is 22.9 Å². The third-order valence-corrected chi connectivity index (χ3v) is 6.55. The van der Waals surface area contributed by atoms with Crippen molar-refractivity contribution in [2.45, 2.75) is 19.1 Å². The minimum atomic E-state index is -0.372. The van der Waals surface area contributed by atoms with Crippen LogP contribution < -0.4 is 15.5 Å². The number of thiophene rings is 1. The van der Waals surface area contributed by atoms with Crippen molar-refractivity contribution in [1.29, 1.82) is 0 Å². The Morgan fingerprint density at radius 3 is 3.00 bits per heavy atom. The Labute approximate surface area is 165 Å². The van der Waals surface area contributed by atoms with Crippen LogP contribution in [-0.4, -0.2) is 19.5 Å². The van der Waals surface area contributed by atoms with E-state index in [9.17, 15) is 4.79 Å². The van der Waals surface area contributed by atoms with E-state index in [1.807, 2.05) is 36.4 Å². The number of carbonyl (C=O) groups excluding carboxylic acids is 1. The van der Waals surface area contributed by atoms with Crippen molar-refractivity contribution in [2.24, 2.45) is 0 Å². The molecule has 2 aliphatic rings. The SMILES string of the molecule is C[NH+]1CCc2c(sc3c2C(=O)N[C@@H](c2ccc(-c4cccc(Cl)c4)o2)N3)C1. The Morgan fingerprint density at radius 1 is 1.26 bits per heavy atom. The van der Waals surface area contributed by atoms with Gasteiger partial charge in [-0.3, -0.25) is 4.79 Å². The molecule has 27 heavy (non-hydrogen) atoms. The van der Waals surface area contributed by atoms with Gasteiger partial charge in [0.1, 0.15) is 23.1 Å². The number of halogens is 1. The maximum absolute atomic E-state index is 12.8. The fourth-order valence-electron chi connectivity index (χ4n) is 3.78. The molecule has 2 aliphatic heterocycles. The average molecular weight is 401 g/mol. The molecule has 1 aromatic carbocycles. The van der Waals surface area contributed by atoms with Gasteiger partial charge in [0.05, 0.1) is 24.0 Å². The van der Waals surface area contributed by atoms with Gasteiger partial charge in [0.25, 0.3) is 5.91 Å². The number of hydrogen-bond donors (Lipinski definition) is 3. The first kappa shape index (κ1) is 16.9. The zero-order valence-electron chi connectivity index (χ0n) is 14.8. The summed E-state index contributed by atoms with van der Waals surface area (Å²) in [5.41, 5.74) is 2.94. The fraction of sp³-hybridized carbons (Fsp3) is 0.250. The topological polar surface area (TPSA) is 58.7 Å². The van der Waals surface area contributed by atoms with Gasteiger partial charge in [-0.15, -0.1) is 11.3 Å². The molecule has 0 saturated carbocycles. The highest BCUT2D eigenvalue weighted by molar-refractivity contribution is 7.16. The van der Waals surface area contributed by atoms with E-state index in [2.05, 4.69) is 17.7 Å². The van der Waals surface area contributed by atoms with Crippen molar-refractivity contribution < 1.29 is 14.1 Å². The lowest BCUT2D eigenvalue weighted by atomic mass is 10.0. The molecule has 4 heterocycles. The van der Waals surface area contributed by atoms with Crippen molar-refractivity contribution in [3.8, 4) is 11.3 Å². The third kappa shape index (κ3) is 2.94. The minimum absolute atomic E-state index is 0.0218. The number of anilines is 1. The van der Waals surface area contributed by atoms with E-state index in [0.29, 0.717) is 10.8 Å². The standard InChI is InChI=1S/C20H18ClN3O2S/c1-24-8-7-13-16(10-24)27-20-17(13)19(25)22-18(23-20)15-6-5-14(26-15)11-3-2-4-12(21)9-11/h2-6,9,18,23H,7-8,10H2,1H3,(H,22,25)/p+1/t18-/m1/s1. The summed E-state index contributed by atoms with van der Waals surface area (Å²) in [7, 11) is 2.19. The van der Waals surface area contributed by atoms with Gasteiger partial charge in [-0.2, -0.15) is 0 Å². The van der Waals surface area contributed by atoms with E-state index >= 15 is 0 Å². The van der Waals surface area contributed by atoms with Gasteiger partial charge < -0.3 is 20.0 Å². The van der Waals surface area contributed by atoms with Crippen LogP contribution in [0.2, 0.25) is 5.02 Å². The maximum atomic E-state index is 12.8. The predicted octanol–water partition coefficient (Wildman–Crippen LogP) is 3.09. The summed E-state index contributed by atoms with van der Waals surface area (Å²) < 4.78 is 6.01. The lowest BCUT2D eigenvalue weighted by Crippen LogP contribution is -3.08. The second-order valence-electron chi connectivity index (χ2n) is 7.10. The van der Waals surface area contributed by atoms with Crippen LogP contribution in [0.4, 0.5) is 5.00 Å². The van der Waals surface area contributed by atoms with E-state index in [1.165, 1.54) is 15.3 Å². The molecule has 1 unspecified atom stereocenters. The van der Waals surface area contributed by atoms with Crippen molar-refractivity contribution in [3.05, 3.63) is 63.2 Å². The first-order valence-corrected chi connectivity index (χ1v) is 10.2. The molecule has 5 nitrogen and oxygen atoms in total. The van der Waals surface area contributed by atoms with Crippen LogP contribution in [-0.2, 0) is 13.0 Å². The molecule has 2 aromatic heterocycles. The third-order valence-electron chi connectivity index (χ3n) is 5.15. The first-order chi connectivity index (χ1) is 13.1. The first-order valence-electron chi connectivity index (χ1n) is 8.97. The van der Waals surface area contributed by atoms with Crippen molar-refractivity contribution in [1.82, 2.24) is 5.32 Å². The number of likely N-dealkylation sites (N-methyl/N-ethyl adjacent to an activating group) is 1. The summed E-state index contributed by atoms with van der Waals surface area (Å²) in [6.45, 7) is 2.04. The lowest BCUT2D eigenvalue weighted by molar-refractivity contribution is -0.895. The largest absolute Gasteiger partial charge is 0.457 e. The number of rotatable bonds is 2. The number of amides is 1. The van der Waals surface area contributed by atoms with Crippen LogP contribution in [0, 0.1) is 0 Å². The van der Waals surface area contributed by atoms with Crippen LogP contribution in [0.1, 0.15) is 32.7 Å². The van der Waals surface area contributed by atoms with Gasteiger partial charge in [0.15, 0.2) is 6.17 Å². The Hall–Kier alpha value is -2.28. The summed E-state index contributed by atoms with van der Waals surface area (Å²) in [6.07, 6.45) is 0.579. The molecular weight excluding hydrogens is 382 g/mol. The van der Waals surface area contributed by atoms with E-state index in [1.54, 1.807) is 11.3 Å². The number of fused-ring (bicyclic) bond motifs is 3. The maximum Gasteiger partial charge on any atom is 0.256 e. The number of benzene rings is 1. The number of carbonyl (C=O) groups is 1. The molecule has 0 radical (unpaired) electrons. The summed E-state index contributed by atoms with van der Waals surface area (Å²) in [4.78, 5) is 15.6. The number of quaternary nitrogens is 1. The normalized spacial score (nSPS) is 21.2. The minimum Gasteiger partial charge on any atom is -0.457 e. The zero-order chi connectivity index (χ0) is 18.5. The van der Waals surface area contributed by atoms with Gasteiger partial charge >= 0.3 is 0 Å². The summed E-state index contributed by atoms with van der Waals surface area (Å²) in [6, 6.07) is 11.3. The van der Waals surface area contributed by atoms with Gasteiger partial charge in [-0.1, -0.05) is 23.7 Å². The summed E-state index contributed by atoms with van der Waals surface area (Å²) in [5, 5.41) is 8.10. The highest BCUT2D eigenvalue weighted by Gasteiger charge is 2.34. The van der Waals surface area contributed by atoms with Crippen LogP contribution in [0.3, 0.4) is 0 Å². The van der Waals surface area contributed by atoms with E-state index in [-0.39, 0.29) is 12.1 Å². The smallest absolute Gasteiger partial charge is 0.256 e. The second kappa shape index (κ2) is 6.41. The summed E-state index contributed by atoms with van der Waals surface area (Å²) >= 11 is 7.77. The van der Waals surface area contributed by atoms with E-state index < -0.39 is 0 Å². The number of nitrogens with one attached hydrogen (secondary N) is 3. The zero-order valence-corrected chi connectivity index (χ0v) is 16.3. The van der Waals surface area contributed by atoms with E-state index in [0.717, 1.165) is 41.4 Å². The molecule has 0 spiro atoms. The Morgan fingerprint density at radius 2 is 2.15 bits per heavy atom. The van der Waals surface area contributed by atoms with E-state index in [4.69, 9.17) is 16.0 Å². The van der Waals surface area contributed by atoms with Gasteiger partial charge in [0, 0.05) is 17.0 Å². The predicted molar refractivity (Wildman–Crippen MR) is 106 cm³/mol. The van der Waals surface area contributed by atoms with Gasteiger partial charge in [-0.25, -0.2) is 0 Å². The molecule has 0 fully saturated rings. The van der Waals surface area contributed by atoms with Crippen molar-refractivity contribution in [2.75, 3.05) is 18.9 Å². The molecule has 0 bridgehead atoms. The van der Waals surface area contributed by atoms with Crippen LogP contribution in [0.25, 0.3) is 11.3 Å². The van der Waals surface area contributed by atoms with Gasteiger partial charge in [0.2, 0.25) is 0 Å². The Bertz CT molecular complexity index is 1040. The monoisotopic (exact) mass is 400 g/mol. The molecule has 2 atom stereocenters. The number of hydrogen-bond acceptors (Lipinski definition) is 4. The highest BCUT2D eigenvalue weighted by atomic mass is 35.5. The molecule has 1 amide bonds.